The number of carbonyl (C=O) groups is 1. The average molecular weight is 478 g/mol. The molecular weight excluding hydrogens is 443 g/mol. The van der Waals surface area contributed by atoms with Gasteiger partial charge in [0.05, 0.1) is 12.0 Å². The van der Waals surface area contributed by atoms with E-state index in [9.17, 15) is 18.0 Å². The third-order valence-electron chi connectivity index (χ3n) is 6.16. The minimum Gasteiger partial charge on any atom is -0.493 e. The summed E-state index contributed by atoms with van der Waals surface area (Å²) in [6.45, 7) is 4.09. The van der Waals surface area contributed by atoms with E-state index in [1.54, 1.807) is 12.1 Å². The van der Waals surface area contributed by atoms with Crippen LogP contribution >= 0.6 is 0 Å². The number of nitrogens with zero attached hydrogens (tertiary/aromatic N) is 1. The smallest absolute Gasteiger partial charge is 0.318 e. The summed E-state index contributed by atoms with van der Waals surface area (Å²) in [5.41, 5.74) is 0.248. The highest BCUT2D eigenvalue weighted by Gasteiger charge is 2.46. The monoisotopic (exact) mass is 477 g/mol. The fourth-order valence-corrected chi connectivity index (χ4v) is 4.15. The van der Waals surface area contributed by atoms with Crippen LogP contribution in [0.3, 0.4) is 0 Å². The van der Waals surface area contributed by atoms with Crippen LogP contribution in [0.4, 0.5) is 18.0 Å². The molecular formula is C26H34F3N3O2. The fraction of sp³-hybridized carbons (Fsp3) is 0.500. The van der Waals surface area contributed by atoms with Gasteiger partial charge in [-0.05, 0) is 54.3 Å². The molecule has 1 atom stereocenters. The molecule has 0 bridgehead atoms. The molecule has 5 nitrogen and oxygen atoms in total. The second-order valence-corrected chi connectivity index (χ2v) is 9.37. The van der Waals surface area contributed by atoms with Gasteiger partial charge in [-0.1, -0.05) is 38.1 Å². The predicted octanol–water partition coefficient (Wildman–Crippen LogP) is 4.86. The lowest BCUT2D eigenvalue weighted by Gasteiger charge is -2.46. The van der Waals surface area contributed by atoms with Crippen molar-refractivity contribution in [2.45, 2.75) is 39.4 Å². The molecule has 1 fully saturated rings. The molecule has 34 heavy (non-hydrogen) atoms. The Kier molecular flexibility index (Phi) is 9.21. The number of hydrogen-bond acceptors (Lipinski definition) is 3. The number of ether oxygens (including phenoxy) is 1. The van der Waals surface area contributed by atoms with Crippen LogP contribution in [-0.4, -0.2) is 50.0 Å². The van der Waals surface area contributed by atoms with Crippen LogP contribution in [-0.2, 0) is 13.1 Å². The number of urea groups is 1. The maximum absolute atomic E-state index is 14.1. The zero-order chi connectivity index (χ0) is 24.6. The molecule has 0 aliphatic carbocycles. The van der Waals surface area contributed by atoms with E-state index < -0.39 is 30.8 Å². The van der Waals surface area contributed by atoms with Crippen molar-refractivity contribution in [1.29, 1.82) is 0 Å². The van der Waals surface area contributed by atoms with Gasteiger partial charge in [0, 0.05) is 25.7 Å². The van der Waals surface area contributed by atoms with E-state index >= 15 is 0 Å². The first kappa shape index (κ1) is 25.9. The number of hydrogen-bond donors (Lipinski definition) is 2. The van der Waals surface area contributed by atoms with Crippen molar-refractivity contribution in [3.63, 3.8) is 0 Å². The highest BCUT2D eigenvalue weighted by Crippen LogP contribution is 2.33. The van der Waals surface area contributed by atoms with Gasteiger partial charge in [-0.3, -0.25) is 8.78 Å². The second kappa shape index (κ2) is 12.1. The van der Waals surface area contributed by atoms with Crippen LogP contribution < -0.4 is 15.4 Å². The number of alkyl halides is 2. The van der Waals surface area contributed by atoms with Crippen molar-refractivity contribution < 1.29 is 22.7 Å². The van der Waals surface area contributed by atoms with Crippen LogP contribution in [0.5, 0.6) is 5.75 Å². The van der Waals surface area contributed by atoms with E-state index in [2.05, 4.69) is 24.5 Å². The zero-order valence-electron chi connectivity index (χ0n) is 19.8. The molecule has 0 spiro atoms. The van der Waals surface area contributed by atoms with Crippen LogP contribution in [0, 0.1) is 17.2 Å². The summed E-state index contributed by atoms with van der Waals surface area (Å²) in [6.07, 6.45) is 0.421. The van der Waals surface area contributed by atoms with Crippen LogP contribution in [0.25, 0.3) is 0 Å². The highest BCUT2D eigenvalue weighted by molar-refractivity contribution is 5.74. The Morgan fingerprint density at radius 1 is 1.12 bits per heavy atom. The summed E-state index contributed by atoms with van der Waals surface area (Å²) in [5.74, 6) is 0.790. The fourth-order valence-electron chi connectivity index (χ4n) is 4.15. The quantitative estimate of drug-likeness (QED) is 0.514. The molecule has 1 saturated heterocycles. The van der Waals surface area contributed by atoms with Crippen molar-refractivity contribution >= 4 is 6.03 Å². The lowest BCUT2D eigenvalue weighted by molar-refractivity contribution is 0.0133. The minimum absolute atomic E-state index is 0.126. The van der Waals surface area contributed by atoms with Crippen molar-refractivity contribution in [2.24, 2.45) is 11.3 Å². The van der Waals surface area contributed by atoms with Gasteiger partial charge in [0.25, 0.3) is 0 Å². The van der Waals surface area contributed by atoms with Crippen LogP contribution in [0.2, 0.25) is 0 Å². The van der Waals surface area contributed by atoms with Gasteiger partial charge in [0.1, 0.15) is 24.9 Å². The summed E-state index contributed by atoms with van der Waals surface area (Å²) in [6, 6.07) is 12.2. The SMILES string of the molecule is CC(C)COc1ccc(CNC(=O)N(Cc2ccc(F)cc2)[C@@H]2CCNCC2(CF)CF)cc1. The standard InChI is InChI=1S/C26H34F3N3O2/c1-19(2)15-34-23-9-5-20(6-10-23)13-31-25(33)32(14-21-3-7-22(29)8-4-21)24-11-12-30-18-26(24,16-27)17-28/h3-10,19,24,30H,11-18H2,1-2H3,(H,31,33)/t24-/m1/s1. The maximum Gasteiger partial charge on any atom is 0.318 e. The molecule has 1 heterocycles. The van der Waals surface area contributed by atoms with Gasteiger partial charge < -0.3 is 20.3 Å². The van der Waals surface area contributed by atoms with Crippen molar-refractivity contribution in [3.8, 4) is 5.75 Å². The Balaban J connectivity index is 1.74. The third-order valence-corrected chi connectivity index (χ3v) is 6.16. The molecule has 2 N–H and O–H groups in total. The third kappa shape index (κ3) is 6.65. The van der Waals surface area contributed by atoms with E-state index in [1.165, 1.54) is 17.0 Å². The zero-order valence-corrected chi connectivity index (χ0v) is 19.8. The van der Waals surface area contributed by atoms with Crippen molar-refractivity contribution in [1.82, 2.24) is 15.5 Å². The van der Waals surface area contributed by atoms with Gasteiger partial charge in [0.2, 0.25) is 0 Å². The molecule has 2 aromatic carbocycles. The molecule has 3 rings (SSSR count). The molecule has 2 amide bonds. The maximum atomic E-state index is 14.1. The largest absolute Gasteiger partial charge is 0.493 e. The van der Waals surface area contributed by atoms with Gasteiger partial charge in [0.15, 0.2) is 0 Å². The number of piperidine rings is 1. The van der Waals surface area contributed by atoms with E-state index in [0.29, 0.717) is 31.1 Å². The second-order valence-electron chi connectivity index (χ2n) is 9.37. The molecule has 0 saturated carbocycles. The summed E-state index contributed by atoms with van der Waals surface area (Å²) in [7, 11) is 0. The average Bonchev–Trinajstić information content (AvgIpc) is 2.86. The first-order valence-corrected chi connectivity index (χ1v) is 11.7. The van der Waals surface area contributed by atoms with E-state index in [0.717, 1.165) is 11.3 Å². The first-order chi connectivity index (χ1) is 16.4. The van der Waals surface area contributed by atoms with Crippen molar-refractivity contribution in [3.05, 3.63) is 65.5 Å². The van der Waals surface area contributed by atoms with Crippen LogP contribution in [0.1, 0.15) is 31.4 Å². The van der Waals surface area contributed by atoms with Crippen LogP contribution in [0.15, 0.2) is 48.5 Å². The van der Waals surface area contributed by atoms with Gasteiger partial charge in [-0.25, -0.2) is 9.18 Å². The molecule has 1 aliphatic heterocycles. The van der Waals surface area contributed by atoms with Gasteiger partial charge in [-0.15, -0.1) is 0 Å². The Morgan fingerprint density at radius 3 is 2.38 bits per heavy atom. The summed E-state index contributed by atoms with van der Waals surface area (Å²) in [4.78, 5) is 14.8. The van der Waals surface area contributed by atoms with E-state index in [-0.39, 0.29) is 25.5 Å². The Labute approximate surface area is 199 Å². The molecule has 2 aromatic rings. The number of carbonyl (C=O) groups excluding carboxylic acids is 1. The van der Waals surface area contributed by atoms with Gasteiger partial charge >= 0.3 is 6.03 Å². The Morgan fingerprint density at radius 2 is 1.76 bits per heavy atom. The topological polar surface area (TPSA) is 53.6 Å². The number of amides is 2. The summed E-state index contributed by atoms with van der Waals surface area (Å²) >= 11 is 0. The normalized spacial score (nSPS) is 17.4. The molecule has 8 heteroatoms. The lowest BCUT2D eigenvalue weighted by Crippen LogP contribution is -2.61. The molecule has 0 radical (unpaired) electrons. The highest BCUT2D eigenvalue weighted by atomic mass is 19.1. The number of halogens is 3. The first-order valence-electron chi connectivity index (χ1n) is 11.7. The summed E-state index contributed by atoms with van der Waals surface area (Å²) in [5, 5.41) is 5.94. The lowest BCUT2D eigenvalue weighted by atomic mass is 9.77. The molecule has 186 valence electrons. The minimum atomic E-state index is -1.31. The predicted molar refractivity (Wildman–Crippen MR) is 127 cm³/mol. The van der Waals surface area contributed by atoms with E-state index in [4.69, 9.17) is 4.74 Å². The number of rotatable bonds is 10. The number of nitrogens with one attached hydrogen (secondary N) is 2. The molecule has 0 unspecified atom stereocenters. The van der Waals surface area contributed by atoms with Crippen molar-refractivity contribution in [2.75, 3.05) is 33.0 Å². The summed E-state index contributed by atoms with van der Waals surface area (Å²) < 4.78 is 47.3. The molecule has 0 aromatic heterocycles. The number of benzene rings is 2. The Bertz CT molecular complexity index is 903. The Hall–Kier alpha value is -2.74. The van der Waals surface area contributed by atoms with E-state index in [1.807, 2.05) is 24.3 Å². The van der Waals surface area contributed by atoms with Gasteiger partial charge in [-0.2, -0.15) is 0 Å². The molecule has 1 aliphatic rings.